The predicted octanol–water partition coefficient (Wildman–Crippen LogP) is 3.61. The third kappa shape index (κ3) is 2.47. The Bertz CT molecular complexity index is 379. The van der Waals surface area contributed by atoms with E-state index in [1.165, 1.54) is 12.8 Å². The maximum Gasteiger partial charge on any atom is 0.136 e. The fourth-order valence-corrected chi connectivity index (χ4v) is 2.38. The van der Waals surface area contributed by atoms with Gasteiger partial charge < -0.3 is 10.8 Å². The van der Waals surface area contributed by atoms with E-state index in [0.29, 0.717) is 15.1 Å². The zero-order valence-electron chi connectivity index (χ0n) is 8.21. The molecular weight excluding hydrogens is 277 g/mol. The van der Waals surface area contributed by atoms with Gasteiger partial charge in [0, 0.05) is 16.6 Å². The molecule has 2 rings (SSSR count). The van der Waals surface area contributed by atoms with Crippen LogP contribution in [0.5, 0.6) is 5.75 Å². The molecule has 0 aromatic heterocycles. The molecule has 3 N–H and O–H groups in total. The van der Waals surface area contributed by atoms with E-state index in [4.69, 9.17) is 17.3 Å². The van der Waals surface area contributed by atoms with Gasteiger partial charge in [-0.15, -0.1) is 0 Å². The fraction of sp³-hybridized carbons (Fsp3) is 0.455. The first-order valence-electron chi connectivity index (χ1n) is 5.02. The number of phenols is 1. The maximum absolute atomic E-state index is 9.87. The first-order chi connectivity index (χ1) is 7.09. The molecule has 0 aliphatic heterocycles. The summed E-state index contributed by atoms with van der Waals surface area (Å²) in [6.07, 6.45) is 3.41. The van der Waals surface area contributed by atoms with Crippen LogP contribution in [0.4, 0.5) is 0 Å². The molecule has 1 atom stereocenters. The third-order valence-electron chi connectivity index (χ3n) is 2.77. The predicted molar refractivity (Wildman–Crippen MR) is 65.1 cm³/mol. The second kappa shape index (κ2) is 4.32. The van der Waals surface area contributed by atoms with Crippen LogP contribution in [0.3, 0.4) is 0 Å². The number of nitrogens with two attached hydrogens (primary N) is 1. The first-order valence-corrected chi connectivity index (χ1v) is 6.19. The number of rotatable bonds is 3. The van der Waals surface area contributed by atoms with Gasteiger partial charge in [-0.3, -0.25) is 0 Å². The number of hydrogen-bond donors (Lipinski definition) is 2. The average Bonchev–Trinajstić information content (AvgIpc) is 2.96. The standard InChI is InChI=1S/C11H13BrClNO/c12-7-3-4-8(13)10(11(7)15)9(14)5-6-1-2-6/h3-4,6,9,15H,1-2,5,14H2/t9-/m1/s1. The molecule has 0 heterocycles. The Hall–Kier alpha value is -0.250. The lowest BCUT2D eigenvalue weighted by atomic mass is 10.0. The van der Waals surface area contributed by atoms with E-state index in [0.717, 1.165) is 12.3 Å². The molecule has 15 heavy (non-hydrogen) atoms. The van der Waals surface area contributed by atoms with Gasteiger partial charge in [0.05, 0.1) is 4.47 Å². The molecule has 1 fully saturated rings. The van der Waals surface area contributed by atoms with Crippen LogP contribution in [-0.2, 0) is 0 Å². The summed E-state index contributed by atoms with van der Waals surface area (Å²) in [5, 5.41) is 10.4. The molecule has 1 aliphatic carbocycles. The average molecular weight is 291 g/mol. The number of benzene rings is 1. The summed E-state index contributed by atoms with van der Waals surface area (Å²) < 4.78 is 0.646. The smallest absolute Gasteiger partial charge is 0.136 e. The molecule has 1 aromatic rings. The molecule has 2 nitrogen and oxygen atoms in total. The van der Waals surface area contributed by atoms with E-state index in [1.807, 2.05) is 0 Å². The summed E-state index contributed by atoms with van der Waals surface area (Å²) >= 11 is 9.31. The van der Waals surface area contributed by atoms with Crippen molar-refractivity contribution in [2.45, 2.75) is 25.3 Å². The van der Waals surface area contributed by atoms with E-state index in [-0.39, 0.29) is 11.8 Å². The van der Waals surface area contributed by atoms with Crippen molar-refractivity contribution in [2.24, 2.45) is 11.7 Å². The Labute approximate surface area is 103 Å². The van der Waals surface area contributed by atoms with Gasteiger partial charge in [0.25, 0.3) is 0 Å². The minimum atomic E-state index is -0.164. The van der Waals surface area contributed by atoms with Gasteiger partial charge in [0.15, 0.2) is 0 Å². The highest BCUT2D eigenvalue weighted by molar-refractivity contribution is 9.10. The molecule has 0 amide bonds. The minimum Gasteiger partial charge on any atom is -0.506 e. The largest absolute Gasteiger partial charge is 0.506 e. The summed E-state index contributed by atoms with van der Waals surface area (Å²) in [5.41, 5.74) is 6.71. The van der Waals surface area contributed by atoms with Crippen molar-refractivity contribution >= 4 is 27.5 Å². The Balaban J connectivity index is 2.27. The van der Waals surface area contributed by atoms with Gasteiger partial charge in [-0.05, 0) is 40.4 Å². The fourth-order valence-electron chi connectivity index (χ4n) is 1.74. The number of phenolic OH excluding ortho intramolecular Hbond substituents is 1. The van der Waals surface area contributed by atoms with Crippen LogP contribution in [0.15, 0.2) is 16.6 Å². The number of aromatic hydroxyl groups is 1. The third-order valence-corrected chi connectivity index (χ3v) is 3.74. The number of hydrogen-bond acceptors (Lipinski definition) is 2. The van der Waals surface area contributed by atoms with E-state index in [1.54, 1.807) is 12.1 Å². The van der Waals surface area contributed by atoms with E-state index < -0.39 is 0 Å². The van der Waals surface area contributed by atoms with Crippen molar-refractivity contribution in [1.82, 2.24) is 0 Å². The molecule has 82 valence electrons. The Morgan fingerprint density at radius 1 is 1.53 bits per heavy atom. The van der Waals surface area contributed by atoms with Crippen molar-refractivity contribution in [3.05, 3.63) is 27.2 Å². The highest BCUT2D eigenvalue weighted by Crippen LogP contribution is 2.42. The zero-order valence-corrected chi connectivity index (χ0v) is 10.6. The first kappa shape index (κ1) is 11.2. The van der Waals surface area contributed by atoms with Gasteiger partial charge in [-0.1, -0.05) is 24.4 Å². The molecule has 1 saturated carbocycles. The topological polar surface area (TPSA) is 46.2 Å². The Morgan fingerprint density at radius 3 is 2.80 bits per heavy atom. The molecule has 1 aliphatic rings. The van der Waals surface area contributed by atoms with E-state index >= 15 is 0 Å². The highest BCUT2D eigenvalue weighted by Gasteiger charge is 2.27. The van der Waals surface area contributed by atoms with Gasteiger partial charge in [0.2, 0.25) is 0 Å². The lowest BCUT2D eigenvalue weighted by Crippen LogP contribution is -2.12. The lowest BCUT2D eigenvalue weighted by molar-refractivity contribution is 0.452. The van der Waals surface area contributed by atoms with Crippen LogP contribution >= 0.6 is 27.5 Å². The highest BCUT2D eigenvalue weighted by atomic mass is 79.9. The van der Waals surface area contributed by atoms with Crippen LogP contribution in [0.25, 0.3) is 0 Å². The van der Waals surface area contributed by atoms with Gasteiger partial charge in [-0.25, -0.2) is 0 Å². The van der Waals surface area contributed by atoms with Gasteiger partial charge in [-0.2, -0.15) is 0 Å². The molecular formula is C11H13BrClNO. The van der Waals surface area contributed by atoms with Crippen LogP contribution in [-0.4, -0.2) is 5.11 Å². The second-order valence-electron chi connectivity index (χ2n) is 4.08. The van der Waals surface area contributed by atoms with E-state index in [9.17, 15) is 5.11 Å². The van der Waals surface area contributed by atoms with Crippen molar-refractivity contribution < 1.29 is 5.11 Å². The zero-order chi connectivity index (χ0) is 11.0. The maximum atomic E-state index is 9.87. The van der Waals surface area contributed by atoms with Crippen molar-refractivity contribution in [2.75, 3.05) is 0 Å². The monoisotopic (exact) mass is 289 g/mol. The van der Waals surface area contributed by atoms with Crippen molar-refractivity contribution in [3.8, 4) is 5.75 Å². The van der Waals surface area contributed by atoms with Crippen molar-refractivity contribution in [3.63, 3.8) is 0 Å². The molecule has 0 saturated heterocycles. The van der Waals surface area contributed by atoms with Crippen molar-refractivity contribution in [1.29, 1.82) is 0 Å². The van der Waals surface area contributed by atoms with Crippen LogP contribution in [0, 0.1) is 5.92 Å². The quantitative estimate of drug-likeness (QED) is 0.893. The minimum absolute atomic E-state index is 0.164. The SMILES string of the molecule is N[C@H](CC1CC1)c1c(Cl)ccc(Br)c1O. The summed E-state index contributed by atoms with van der Waals surface area (Å²) in [4.78, 5) is 0. The normalized spacial score (nSPS) is 17.8. The number of halogens is 2. The van der Waals surface area contributed by atoms with Crippen LogP contribution in [0.2, 0.25) is 5.02 Å². The molecule has 0 spiro atoms. The molecule has 4 heteroatoms. The Kier molecular flexibility index (Phi) is 3.24. The van der Waals surface area contributed by atoms with Crippen LogP contribution in [0.1, 0.15) is 30.9 Å². The van der Waals surface area contributed by atoms with Gasteiger partial charge in [0.1, 0.15) is 5.75 Å². The lowest BCUT2D eigenvalue weighted by Gasteiger charge is -2.15. The summed E-state index contributed by atoms with van der Waals surface area (Å²) in [6.45, 7) is 0. The summed E-state index contributed by atoms with van der Waals surface area (Å²) in [5.74, 6) is 0.894. The summed E-state index contributed by atoms with van der Waals surface area (Å²) in [7, 11) is 0. The Morgan fingerprint density at radius 2 is 2.20 bits per heavy atom. The second-order valence-corrected chi connectivity index (χ2v) is 5.34. The summed E-state index contributed by atoms with van der Waals surface area (Å²) in [6, 6.07) is 3.32. The van der Waals surface area contributed by atoms with Crippen LogP contribution < -0.4 is 5.73 Å². The molecule has 1 aromatic carbocycles. The molecule has 0 bridgehead atoms. The molecule has 0 radical (unpaired) electrons. The van der Waals surface area contributed by atoms with E-state index in [2.05, 4.69) is 15.9 Å². The van der Waals surface area contributed by atoms with Gasteiger partial charge >= 0.3 is 0 Å². The molecule has 0 unspecified atom stereocenters.